The Morgan fingerprint density at radius 3 is 2.81 bits per heavy atom. The highest BCUT2D eigenvalue weighted by Gasteiger charge is 2.39. The fourth-order valence-corrected chi connectivity index (χ4v) is 3.17. The fraction of sp³-hybridized carbons (Fsp3) is 0.421. The predicted octanol–water partition coefficient (Wildman–Crippen LogP) is 2.36. The molecule has 1 amide bonds. The Kier molecular flexibility index (Phi) is 5.68. The van der Waals surface area contributed by atoms with Crippen LogP contribution in [0.15, 0.2) is 40.9 Å². The normalized spacial score (nSPS) is 19.7. The van der Waals surface area contributed by atoms with Gasteiger partial charge in [-0.1, -0.05) is 30.3 Å². The average Bonchev–Trinajstić information content (AvgIpc) is 3.29. The van der Waals surface area contributed by atoms with Gasteiger partial charge < -0.3 is 19.2 Å². The first-order chi connectivity index (χ1) is 12.6. The molecule has 1 aromatic heterocycles. The molecule has 7 nitrogen and oxygen atoms in total. The Morgan fingerprint density at radius 2 is 2.12 bits per heavy atom. The van der Waals surface area contributed by atoms with E-state index in [9.17, 15) is 14.7 Å². The molecule has 0 saturated carbocycles. The number of ether oxygens (including phenoxy) is 1. The number of nitrogens with zero attached hydrogens (tertiary/aromatic N) is 2. The van der Waals surface area contributed by atoms with E-state index in [0.717, 1.165) is 5.56 Å². The molecule has 3 rings (SSSR count). The molecule has 1 aliphatic rings. The van der Waals surface area contributed by atoms with Gasteiger partial charge in [0.25, 0.3) is 0 Å². The maximum absolute atomic E-state index is 12.4. The molecule has 1 aliphatic heterocycles. The van der Waals surface area contributed by atoms with Gasteiger partial charge in [0.2, 0.25) is 5.91 Å². The highest BCUT2D eigenvalue weighted by Crippen LogP contribution is 2.23. The van der Waals surface area contributed by atoms with Crippen molar-refractivity contribution in [1.82, 2.24) is 9.88 Å². The number of carbonyl (C=O) groups excluding carboxylic acids is 1. The summed E-state index contributed by atoms with van der Waals surface area (Å²) < 4.78 is 10.9. The monoisotopic (exact) mass is 358 g/mol. The third-order valence-electron chi connectivity index (χ3n) is 4.59. The number of hydrogen-bond donors (Lipinski definition) is 1. The number of benzene rings is 1. The van der Waals surface area contributed by atoms with Crippen molar-refractivity contribution >= 4 is 11.9 Å². The summed E-state index contributed by atoms with van der Waals surface area (Å²) >= 11 is 0. The van der Waals surface area contributed by atoms with Gasteiger partial charge in [0.15, 0.2) is 11.7 Å². The van der Waals surface area contributed by atoms with Crippen molar-refractivity contribution in [2.24, 2.45) is 0 Å². The molecule has 0 radical (unpaired) electrons. The van der Waals surface area contributed by atoms with Crippen molar-refractivity contribution in [2.75, 3.05) is 13.7 Å². The minimum atomic E-state index is -0.988. The van der Waals surface area contributed by atoms with E-state index in [1.807, 2.05) is 30.3 Å². The number of aromatic nitrogens is 1. The number of aliphatic carboxylic acids is 1. The van der Waals surface area contributed by atoms with Crippen LogP contribution >= 0.6 is 0 Å². The molecular weight excluding hydrogens is 336 g/mol. The highest BCUT2D eigenvalue weighted by molar-refractivity contribution is 5.84. The summed E-state index contributed by atoms with van der Waals surface area (Å²) in [7, 11) is 1.53. The second-order valence-electron chi connectivity index (χ2n) is 6.33. The lowest BCUT2D eigenvalue weighted by Crippen LogP contribution is -2.40. The van der Waals surface area contributed by atoms with E-state index in [0.29, 0.717) is 37.5 Å². The Morgan fingerprint density at radius 1 is 1.35 bits per heavy atom. The Balaban J connectivity index is 1.52. The zero-order valence-corrected chi connectivity index (χ0v) is 14.6. The maximum Gasteiger partial charge on any atom is 0.326 e. The van der Waals surface area contributed by atoms with Crippen molar-refractivity contribution in [2.45, 2.75) is 37.8 Å². The van der Waals surface area contributed by atoms with E-state index in [1.54, 1.807) is 6.20 Å². The fourth-order valence-electron chi connectivity index (χ4n) is 3.17. The number of likely N-dealkylation sites (tertiary alicyclic amines) is 1. The molecular formula is C19H22N2O5. The third-order valence-corrected chi connectivity index (χ3v) is 4.59. The van der Waals surface area contributed by atoms with E-state index in [1.165, 1.54) is 12.0 Å². The number of carboxylic acid groups (broad SMARTS) is 1. The largest absolute Gasteiger partial charge is 0.480 e. The highest BCUT2D eigenvalue weighted by atomic mass is 16.5. The lowest BCUT2D eigenvalue weighted by atomic mass is 10.2. The lowest BCUT2D eigenvalue weighted by Gasteiger charge is -2.21. The number of aryl methyl sites for hydroxylation is 1. The van der Waals surface area contributed by atoms with Gasteiger partial charge in [-0.05, 0) is 6.42 Å². The molecule has 0 aliphatic carbocycles. The van der Waals surface area contributed by atoms with Crippen LogP contribution in [-0.2, 0) is 20.7 Å². The van der Waals surface area contributed by atoms with Crippen LogP contribution in [0.5, 0.6) is 0 Å². The van der Waals surface area contributed by atoms with Gasteiger partial charge in [-0.25, -0.2) is 9.78 Å². The van der Waals surface area contributed by atoms with Gasteiger partial charge in [-0.15, -0.1) is 0 Å². The minimum absolute atomic E-state index is 0.174. The zero-order valence-electron chi connectivity index (χ0n) is 14.6. The predicted molar refractivity (Wildman–Crippen MR) is 93.4 cm³/mol. The molecule has 2 unspecified atom stereocenters. The molecule has 0 spiro atoms. The molecule has 1 aromatic carbocycles. The first-order valence-corrected chi connectivity index (χ1v) is 8.63. The number of hydrogen-bond acceptors (Lipinski definition) is 5. The molecule has 2 atom stereocenters. The van der Waals surface area contributed by atoms with Gasteiger partial charge in [0.05, 0.1) is 12.3 Å². The number of rotatable bonds is 7. The van der Waals surface area contributed by atoms with Crippen LogP contribution in [0, 0.1) is 0 Å². The van der Waals surface area contributed by atoms with Crippen LogP contribution in [0.25, 0.3) is 11.3 Å². The van der Waals surface area contributed by atoms with Crippen molar-refractivity contribution in [1.29, 1.82) is 0 Å². The minimum Gasteiger partial charge on any atom is -0.480 e. The molecule has 138 valence electrons. The standard InChI is InChI=1S/C19H22N2O5/c1-25-14-10-15(19(23)24)21(12-14)18(22)9-5-8-17-20-11-16(26-17)13-6-3-2-4-7-13/h2-4,6-7,11,14-15H,5,8-10,12H2,1H3,(H,23,24). The number of carbonyl (C=O) groups is 2. The van der Waals surface area contributed by atoms with E-state index in [-0.39, 0.29) is 18.4 Å². The Hall–Kier alpha value is -2.67. The molecule has 2 heterocycles. The summed E-state index contributed by atoms with van der Waals surface area (Å²) in [4.78, 5) is 29.4. The average molecular weight is 358 g/mol. The van der Waals surface area contributed by atoms with Crippen molar-refractivity contribution in [3.8, 4) is 11.3 Å². The zero-order chi connectivity index (χ0) is 18.5. The molecule has 1 saturated heterocycles. The molecule has 0 bridgehead atoms. The Bertz CT molecular complexity index is 758. The van der Waals surface area contributed by atoms with Crippen LogP contribution in [0.3, 0.4) is 0 Å². The Labute approximate surface area is 151 Å². The second kappa shape index (κ2) is 8.14. The van der Waals surface area contributed by atoms with Crippen molar-refractivity contribution in [3.63, 3.8) is 0 Å². The summed E-state index contributed by atoms with van der Waals surface area (Å²) in [5.41, 5.74) is 0.953. The second-order valence-corrected chi connectivity index (χ2v) is 6.33. The molecule has 2 aromatic rings. The van der Waals surface area contributed by atoms with Gasteiger partial charge in [-0.2, -0.15) is 0 Å². The number of methoxy groups -OCH3 is 1. The summed E-state index contributed by atoms with van der Waals surface area (Å²) in [6.45, 7) is 0.323. The molecule has 7 heteroatoms. The number of oxazole rings is 1. The SMILES string of the molecule is COC1CC(C(=O)O)N(C(=O)CCCc2ncc(-c3ccccc3)o2)C1. The summed E-state index contributed by atoms with van der Waals surface area (Å²) in [6, 6.07) is 8.87. The van der Waals surface area contributed by atoms with E-state index in [4.69, 9.17) is 9.15 Å². The van der Waals surface area contributed by atoms with Crippen molar-refractivity contribution < 1.29 is 23.8 Å². The number of carboxylic acids is 1. The summed E-state index contributed by atoms with van der Waals surface area (Å²) in [6.07, 6.45) is 3.11. The quantitative estimate of drug-likeness (QED) is 0.817. The lowest BCUT2D eigenvalue weighted by molar-refractivity contribution is -0.148. The van der Waals surface area contributed by atoms with Crippen LogP contribution in [0.1, 0.15) is 25.2 Å². The van der Waals surface area contributed by atoms with E-state index < -0.39 is 12.0 Å². The third kappa shape index (κ3) is 4.11. The number of amides is 1. The van der Waals surface area contributed by atoms with Gasteiger partial charge in [-0.3, -0.25) is 4.79 Å². The first kappa shape index (κ1) is 18.1. The van der Waals surface area contributed by atoms with Gasteiger partial charge >= 0.3 is 5.97 Å². The topological polar surface area (TPSA) is 92.9 Å². The maximum atomic E-state index is 12.4. The van der Waals surface area contributed by atoms with Crippen LogP contribution < -0.4 is 0 Å². The van der Waals surface area contributed by atoms with Gasteiger partial charge in [0.1, 0.15) is 6.04 Å². The molecule has 26 heavy (non-hydrogen) atoms. The smallest absolute Gasteiger partial charge is 0.326 e. The molecule has 1 fully saturated rings. The van der Waals surface area contributed by atoms with E-state index >= 15 is 0 Å². The first-order valence-electron chi connectivity index (χ1n) is 8.63. The molecule has 1 N–H and O–H groups in total. The van der Waals surface area contributed by atoms with Crippen LogP contribution in [0.4, 0.5) is 0 Å². The van der Waals surface area contributed by atoms with E-state index in [2.05, 4.69) is 4.98 Å². The summed E-state index contributed by atoms with van der Waals surface area (Å²) in [5.74, 6) is 0.105. The van der Waals surface area contributed by atoms with Crippen molar-refractivity contribution in [3.05, 3.63) is 42.4 Å². The van der Waals surface area contributed by atoms with Crippen LogP contribution in [-0.4, -0.2) is 52.7 Å². The summed E-state index contributed by atoms with van der Waals surface area (Å²) in [5, 5.41) is 9.29. The van der Waals surface area contributed by atoms with Gasteiger partial charge in [0, 0.05) is 38.5 Å². The van der Waals surface area contributed by atoms with Crippen LogP contribution in [0.2, 0.25) is 0 Å².